The van der Waals surface area contributed by atoms with E-state index in [-0.39, 0.29) is 5.91 Å². The molecule has 3 nitrogen and oxygen atoms in total. The van der Waals surface area contributed by atoms with Gasteiger partial charge in [-0.15, -0.1) is 0 Å². The van der Waals surface area contributed by atoms with Crippen molar-refractivity contribution in [2.75, 3.05) is 6.54 Å². The Morgan fingerprint density at radius 3 is 2.47 bits per heavy atom. The Balaban J connectivity index is 2.60. The van der Waals surface area contributed by atoms with Gasteiger partial charge in [-0.25, -0.2) is 0 Å². The lowest BCUT2D eigenvalue weighted by Gasteiger charge is -2.14. The number of carbonyl (C=O) groups is 1. The quantitative estimate of drug-likeness (QED) is 0.896. The third-order valence-electron chi connectivity index (χ3n) is 2.07. The predicted molar refractivity (Wildman–Crippen MR) is 69.9 cm³/mol. The van der Waals surface area contributed by atoms with Gasteiger partial charge >= 0.3 is 0 Å². The van der Waals surface area contributed by atoms with Gasteiger partial charge in [-0.05, 0) is 31.5 Å². The molecular weight excluding hydrogens is 261 g/mol. The highest BCUT2D eigenvalue weighted by molar-refractivity contribution is 6.34. The summed E-state index contributed by atoms with van der Waals surface area (Å²) in [6, 6.07) is 4.85. The molecule has 1 aromatic carbocycles. The van der Waals surface area contributed by atoms with Crippen LogP contribution < -0.4 is 10.1 Å². The fourth-order valence-corrected chi connectivity index (χ4v) is 1.75. The van der Waals surface area contributed by atoms with Crippen LogP contribution in [0.25, 0.3) is 0 Å². The summed E-state index contributed by atoms with van der Waals surface area (Å²) in [6.45, 7) is 4.31. The molecule has 0 bridgehead atoms. The second-order valence-corrected chi connectivity index (χ2v) is 4.53. The molecule has 1 N–H and O–H groups in total. The summed E-state index contributed by atoms with van der Waals surface area (Å²) in [6.07, 6.45) is 0.317. The Hall–Kier alpha value is -0.930. The van der Waals surface area contributed by atoms with Gasteiger partial charge in [0, 0.05) is 16.6 Å². The van der Waals surface area contributed by atoms with Crippen LogP contribution in [-0.4, -0.2) is 18.6 Å². The number of hydrogen-bond donors (Lipinski definition) is 1. The SMILES string of the molecule is CCCNC(=O)C(C)Oc1cc(Cl)cc(Cl)c1. The summed E-state index contributed by atoms with van der Waals surface area (Å²) in [5, 5.41) is 3.71. The van der Waals surface area contributed by atoms with E-state index < -0.39 is 6.10 Å². The fraction of sp³-hybridized carbons (Fsp3) is 0.417. The third-order valence-corrected chi connectivity index (χ3v) is 2.50. The molecule has 0 fully saturated rings. The maximum Gasteiger partial charge on any atom is 0.260 e. The molecule has 5 heteroatoms. The zero-order valence-corrected chi connectivity index (χ0v) is 11.3. The van der Waals surface area contributed by atoms with Gasteiger partial charge in [0.15, 0.2) is 6.10 Å². The minimum Gasteiger partial charge on any atom is -0.481 e. The van der Waals surface area contributed by atoms with Crippen molar-refractivity contribution in [3.05, 3.63) is 28.2 Å². The maximum absolute atomic E-state index is 11.6. The highest BCUT2D eigenvalue weighted by atomic mass is 35.5. The molecule has 1 atom stereocenters. The molecule has 0 spiro atoms. The summed E-state index contributed by atoms with van der Waals surface area (Å²) in [4.78, 5) is 11.6. The zero-order valence-electron chi connectivity index (χ0n) is 9.80. The smallest absolute Gasteiger partial charge is 0.260 e. The van der Waals surface area contributed by atoms with Crippen LogP contribution in [0.4, 0.5) is 0 Å². The molecule has 1 amide bonds. The van der Waals surface area contributed by atoms with E-state index in [0.29, 0.717) is 22.3 Å². The first-order valence-corrected chi connectivity index (χ1v) is 6.19. The summed E-state index contributed by atoms with van der Waals surface area (Å²) < 4.78 is 5.45. The summed E-state index contributed by atoms with van der Waals surface area (Å²) in [5.41, 5.74) is 0. The number of carbonyl (C=O) groups excluding carboxylic acids is 1. The van der Waals surface area contributed by atoms with Crippen LogP contribution in [0.1, 0.15) is 20.3 Å². The Kier molecular flexibility index (Phi) is 5.59. The van der Waals surface area contributed by atoms with Crippen molar-refractivity contribution in [3.63, 3.8) is 0 Å². The van der Waals surface area contributed by atoms with Gasteiger partial charge in [-0.3, -0.25) is 4.79 Å². The molecule has 0 aromatic heterocycles. The first kappa shape index (κ1) is 14.1. The van der Waals surface area contributed by atoms with Crippen molar-refractivity contribution < 1.29 is 9.53 Å². The number of amides is 1. The van der Waals surface area contributed by atoms with Gasteiger partial charge in [0.2, 0.25) is 0 Å². The molecule has 1 aromatic rings. The minimum atomic E-state index is -0.573. The summed E-state index contributed by atoms with van der Waals surface area (Å²) >= 11 is 11.7. The molecule has 0 aliphatic rings. The van der Waals surface area contributed by atoms with Gasteiger partial charge in [-0.2, -0.15) is 0 Å². The molecule has 0 heterocycles. The van der Waals surface area contributed by atoms with Crippen LogP contribution in [-0.2, 0) is 4.79 Å². The van der Waals surface area contributed by atoms with E-state index in [4.69, 9.17) is 27.9 Å². The molecular formula is C12H15Cl2NO2. The number of halogens is 2. The Morgan fingerprint density at radius 2 is 1.94 bits per heavy atom. The Morgan fingerprint density at radius 1 is 1.35 bits per heavy atom. The van der Waals surface area contributed by atoms with Crippen molar-refractivity contribution in [1.82, 2.24) is 5.32 Å². The predicted octanol–water partition coefficient (Wildman–Crippen LogP) is 3.29. The van der Waals surface area contributed by atoms with Crippen LogP contribution in [0.3, 0.4) is 0 Å². The number of rotatable bonds is 5. The average molecular weight is 276 g/mol. The standard InChI is InChI=1S/C12H15Cl2NO2/c1-3-4-15-12(16)8(2)17-11-6-9(13)5-10(14)7-11/h5-8H,3-4H2,1-2H3,(H,15,16). The lowest BCUT2D eigenvalue weighted by molar-refractivity contribution is -0.127. The van der Waals surface area contributed by atoms with Crippen molar-refractivity contribution in [1.29, 1.82) is 0 Å². The monoisotopic (exact) mass is 275 g/mol. The van der Waals surface area contributed by atoms with E-state index in [1.165, 1.54) is 0 Å². The third kappa shape index (κ3) is 4.84. The van der Waals surface area contributed by atoms with Crippen LogP contribution in [0.15, 0.2) is 18.2 Å². The molecule has 94 valence electrons. The first-order valence-electron chi connectivity index (χ1n) is 5.43. The van der Waals surface area contributed by atoms with Crippen LogP contribution in [0.5, 0.6) is 5.75 Å². The fourth-order valence-electron chi connectivity index (χ4n) is 1.25. The summed E-state index contributed by atoms with van der Waals surface area (Å²) in [7, 11) is 0. The van der Waals surface area contributed by atoms with Gasteiger partial charge in [0.25, 0.3) is 5.91 Å². The topological polar surface area (TPSA) is 38.3 Å². The molecule has 0 radical (unpaired) electrons. The minimum absolute atomic E-state index is 0.150. The maximum atomic E-state index is 11.6. The largest absolute Gasteiger partial charge is 0.481 e. The lowest BCUT2D eigenvalue weighted by atomic mass is 10.3. The number of hydrogen-bond acceptors (Lipinski definition) is 2. The second-order valence-electron chi connectivity index (χ2n) is 3.66. The van der Waals surface area contributed by atoms with E-state index in [1.54, 1.807) is 25.1 Å². The molecule has 1 rings (SSSR count). The summed E-state index contributed by atoms with van der Waals surface area (Å²) in [5.74, 6) is 0.338. The van der Waals surface area contributed by atoms with Crippen LogP contribution >= 0.6 is 23.2 Å². The highest BCUT2D eigenvalue weighted by Crippen LogP contribution is 2.24. The lowest BCUT2D eigenvalue weighted by Crippen LogP contribution is -2.36. The van der Waals surface area contributed by atoms with E-state index in [2.05, 4.69) is 5.32 Å². The Bertz CT molecular complexity index is 376. The molecule has 0 saturated carbocycles. The van der Waals surface area contributed by atoms with Crippen LogP contribution in [0.2, 0.25) is 10.0 Å². The average Bonchev–Trinajstić information content (AvgIpc) is 2.24. The Labute approximate surface area is 111 Å². The van der Waals surface area contributed by atoms with Crippen molar-refractivity contribution in [2.24, 2.45) is 0 Å². The van der Waals surface area contributed by atoms with Gasteiger partial charge in [-0.1, -0.05) is 30.1 Å². The highest BCUT2D eigenvalue weighted by Gasteiger charge is 2.14. The molecule has 0 aliphatic carbocycles. The van der Waals surface area contributed by atoms with Crippen molar-refractivity contribution >= 4 is 29.1 Å². The van der Waals surface area contributed by atoms with Gasteiger partial charge in [0.05, 0.1) is 0 Å². The van der Waals surface area contributed by atoms with Crippen molar-refractivity contribution in [2.45, 2.75) is 26.4 Å². The molecule has 1 unspecified atom stereocenters. The normalized spacial score (nSPS) is 12.0. The van der Waals surface area contributed by atoms with Gasteiger partial charge < -0.3 is 10.1 Å². The number of nitrogens with one attached hydrogen (secondary N) is 1. The number of benzene rings is 1. The van der Waals surface area contributed by atoms with Crippen molar-refractivity contribution in [3.8, 4) is 5.75 Å². The molecule has 17 heavy (non-hydrogen) atoms. The second kappa shape index (κ2) is 6.72. The van der Waals surface area contributed by atoms with Gasteiger partial charge in [0.1, 0.15) is 5.75 Å². The zero-order chi connectivity index (χ0) is 12.8. The molecule has 0 aliphatic heterocycles. The van der Waals surface area contributed by atoms with Crippen LogP contribution in [0, 0.1) is 0 Å². The van der Waals surface area contributed by atoms with E-state index >= 15 is 0 Å². The molecule has 0 saturated heterocycles. The van der Waals surface area contributed by atoms with E-state index in [1.807, 2.05) is 6.92 Å². The number of ether oxygens (including phenoxy) is 1. The van der Waals surface area contributed by atoms with E-state index in [0.717, 1.165) is 6.42 Å². The van der Waals surface area contributed by atoms with E-state index in [9.17, 15) is 4.79 Å². The first-order chi connectivity index (χ1) is 8.02.